The van der Waals surface area contributed by atoms with Crippen LogP contribution < -0.4 is 10.7 Å². The summed E-state index contributed by atoms with van der Waals surface area (Å²) in [5.41, 5.74) is 2.69. The monoisotopic (exact) mass is 370 g/mol. The minimum Gasteiger partial charge on any atom is -0.455 e. The molecule has 0 spiro atoms. The van der Waals surface area contributed by atoms with Gasteiger partial charge in [-0.05, 0) is 30.7 Å². The van der Waals surface area contributed by atoms with E-state index in [0.717, 1.165) is 11.1 Å². The summed E-state index contributed by atoms with van der Waals surface area (Å²) in [7, 11) is 0. The summed E-state index contributed by atoms with van der Waals surface area (Å²) >= 11 is 0. The first kappa shape index (κ1) is 17.7. The Kier molecular flexibility index (Phi) is 4.72. The third-order valence-corrected chi connectivity index (χ3v) is 4.60. The number of amides is 1. The Morgan fingerprint density at radius 2 is 1.86 bits per heavy atom. The number of hydrogen-bond acceptors (Lipinski definition) is 4. The first-order chi connectivity index (χ1) is 13.6. The van der Waals surface area contributed by atoms with Crippen LogP contribution >= 0.6 is 0 Å². The van der Waals surface area contributed by atoms with Gasteiger partial charge in [-0.3, -0.25) is 14.6 Å². The molecular formula is C23H18N2O3. The van der Waals surface area contributed by atoms with Crippen LogP contribution in [0.1, 0.15) is 21.5 Å². The summed E-state index contributed by atoms with van der Waals surface area (Å²) in [4.78, 5) is 29.7. The van der Waals surface area contributed by atoms with Gasteiger partial charge in [-0.15, -0.1) is 0 Å². The minimum atomic E-state index is -0.305. The number of rotatable bonds is 4. The van der Waals surface area contributed by atoms with Crippen molar-refractivity contribution >= 4 is 16.9 Å². The fraction of sp³-hybridized carbons (Fsp3) is 0.0870. The summed E-state index contributed by atoms with van der Waals surface area (Å²) in [6.45, 7) is 2.08. The number of hydrogen-bond donors (Lipinski definition) is 1. The molecule has 4 rings (SSSR count). The van der Waals surface area contributed by atoms with Gasteiger partial charge in [-0.2, -0.15) is 0 Å². The van der Waals surface area contributed by atoms with Gasteiger partial charge in [0, 0.05) is 30.1 Å². The number of nitrogens with zero attached hydrogens (tertiary/aromatic N) is 1. The van der Waals surface area contributed by atoms with E-state index in [9.17, 15) is 9.59 Å². The second-order valence-corrected chi connectivity index (χ2v) is 6.48. The minimum absolute atomic E-state index is 0.137. The van der Waals surface area contributed by atoms with Crippen molar-refractivity contribution in [2.75, 3.05) is 0 Å². The van der Waals surface area contributed by atoms with Gasteiger partial charge in [0.15, 0.2) is 11.0 Å². The van der Waals surface area contributed by atoms with E-state index in [1.54, 1.807) is 37.5 Å². The second kappa shape index (κ2) is 7.48. The molecule has 5 nitrogen and oxygen atoms in total. The first-order valence-electron chi connectivity index (χ1n) is 8.94. The molecule has 28 heavy (non-hydrogen) atoms. The molecule has 5 heteroatoms. The van der Waals surface area contributed by atoms with Crippen molar-refractivity contribution in [1.29, 1.82) is 0 Å². The average Bonchev–Trinajstić information content (AvgIpc) is 2.75. The number of fused-ring (bicyclic) bond motifs is 1. The quantitative estimate of drug-likeness (QED) is 0.587. The molecule has 0 aliphatic heterocycles. The maximum Gasteiger partial charge on any atom is 0.255 e. The van der Waals surface area contributed by atoms with E-state index >= 15 is 0 Å². The smallest absolute Gasteiger partial charge is 0.255 e. The highest BCUT2D eigenvalue weighted by atomic mass is 16.3. The van der Waals surface area contributed by atoms with Crippen LogP contribution in [0.5, 0.6) is 0 Å². The van der Waals surface area contributed by atoms with Crippen LogP contribution in [0.4, 0.5) is 0 Å². The summed E-state index contributed by atoms with van der Waals surface area (Å²) < 4.78 is 6.09. The van der Waals surface area contributed by atoms with Crippen LogP contribution in [0.15, 0.2) is 82.3 Å². The van der Waals surface area contributed by atoms with Crippen molar-refractivity contribution in [2.45, 2.75) is 13.5 Å². The summed E-state index contributed by atoms with van der Waals surface area (Å²) in [5, 5.41) is 3.25. The summed E-state index contributed by atoms with van der Waals surface area (Å²) in [5.74, 6) is 0.172. The van der Waals surface area contributed by atoms with Gasteiger partial charge in [0.25, 0.3) is 5.91 Å². The molecular weight excluding hydrogens is 352 g/mol. The van der Waals surface area contributed by atoms with Gasteiger partial charge in [-0.25, -0.2) is 0 Å². The van der Waals surface area contributed by atoms with Crippen molar-refractivity contribution in [3.8, 4) is 11.3 Å². The molecule has 138 valence electrons. The van der Waals surface area contributed by atoms with Crippen LogP contribution in [0.2, 0.25) is 0 Å². The van der Waals surface area contributed by atoms with Crippen molar-refractivity contribution in [2.24, 2.45) is 0 Å². The maximum atomic E-state index is 12.9. The molecule has 4 aromatic rings. The summed E-state index contributed by atoms with van der Waals surface area (Å²) in [6.07, 6.45) is 3.37. The van der Waals surface area contributed by atoms with E-state index in [4.69, 9.17) is 4.42 Å². The fourth-order valence-electron chi connectivity index (χ4n) is 3.13. The number of aromatic nitrogens is 1. The van der Waals surface area contributed by atoms with Gasteiger partial charge in [0.05, 0.1) is 10.9 Å². The Labute approximate surface area is 161 Å². The molecule has 0 bridgehead atoms. The molecule has 1 amide bonds. The van der Waals surface area contributed by atoms with Crippen LogP contribution in [0, 0.1) is 6.92 Å². The Balaban J connectivity index is 1.78. The largest absolute Gasteiger partial charge is 0.455 e. The highest BCUT2D eigenvalue weighted by Gasteiger charge is 2.18. The Morgan fingerprint density at radius 3 is 2.61 bits per heavy atom. The molecule has 0 saturated heterocycles. The van der Waals surface area contributed by atoms with Gasteiger partial charge >= 0.3 is 0 Å². The predicted octanol–water partition coefficient (Wildman–Crippen LogP) is 4.09. The maximum absolute atomic E-state index is 12.9. The third-order valence-electron chi connectivity index (χ3n) is 4.60. The molecule has 0 saturated carbocycles. The Hall–Kier alpha value is -3.73. The van der Waals surface area contributed by atoms with Gasteiger partial charge < -0.3 is 9.73 Å². The van der Waals surface area contributed by atoms with E-state index in [1.807, 2.05) is 42.5 Å². The lowest BCUT2D eigenvalue weighted by molar-refractivity contribution is 0.0951. The van der Waals surface area contributed by atoms with E-state index in [1.165, 1.54) is 0 Å². The lowest BCUT2D eigenvalue weighted by Crippen LogP contribution is -2.23. The highest BCUT2D eigenvalue weighted by molar-refractivity contribution is 6.05. The van der Waals surface area contributed by atoms with Gasteiger partial charge in [0.2, 0.25) is 0 Å². The highest BCUT2D eigenvalue weighted by Crippen LogP contribution is 2.27. The topological polar surface area (TPSA) is 72.2 Å². The molecule has 0 aliphatic carbocycles. The van der Waals surface area contributed by atoms with Crippen LogP contribution in [0.3, 0.4) is 0 Å². The zero-order valence-electron chi connectivity index (χ0n) is 15.3. The molecule has 0 atom stereocenters. The zero-order chi connectivity index (χ0) is 19.5. The van der Waals surface area contributed by atoms with Crippen LogP contribution in [-0.2, 0) is 6.54 Å². The molecule has 2 heterocycles. The molecule has 0 unspecified atom stereocenters. The molecule has 0 fully saturated rings. The number of benzene rings is 2. The van der Waals surface area contributed by atoms with Crippen molar-refractivity contribution in [1.82, 2.24) is 10.3 Å². The zero-order valence-corrected chi connectivity index (χ0v) is 15.3. The van der Waals surface area contributed by atoms with Crippen molar-refractivity contribution in [3.05, 3.63) is 100.0 Å². The molecule has 2 aromatic heterocycles. The molecule has 0 aliphatic rings. The molecule has 2 aromatic carbocycles. The van der Waals surface area contributed by atoms with Crippen molar-refractivity contribution < 1.29 is 9.21 Å². The Morgan fingerprint density at radius 1 is 1.04 bits per heavy atom. The van der Waals surface area contributed by atoms with E-state index in [-0.39, 0.29) is 11.3 Å². The van der Waals surface area contributed by atoms with E-state index < -0.39 is 0 Å². The van der Waals surface area contributed by atoms with E-state index in [0.29, 0.717) is 34.4 Å². The first-order valence-corrected chi connectivity index (χ1v) is 8.94. The fourth-order valence-corrected chi connectivity index (χ4v) is 3.13. The van der Waals surface area contributed by atoms with Gasteiger partial charge in [0.1, 0.15) is 5.76 Å². The molecule has 0 radical (unpaired) electrons. The number of carbonyl (C=O) groups excluding carboxylic acids is 1. The van der Waals surface area contributed by atoms with E-state index in [2.05, 4.69) is 10.3 Å². The number of nitrogens with one attached hydrogen (secondary N) is 1. The van der Waals surface area contributed by atoms with Crippen LogP contribution in [0.25, 0.3) is 22.3 Å². The standard InChI is InChI=1S/C23H18N2O3/c1-15-20(26)18-10-5-11-19(23(27)25-14-16-7-6-12-24-13-16)22(18)28-21(15)17-8-3-2-4-9-17/h2-13H,14H2,1H3,(H,25,27). The lowest BCUT2D eigenvalue weighted by Gasteiger charge is -2.11. The van der Waals surface area contributed by atoms with Gasteiger partial charge in [-0.1, -0.05) is 42.5 Å². The van der Waals surface area contributed by atoms with Crippen molar-refractivity contribution in [3.63, 3.8) is 0 Å². The number of para-hydroxylation sites is 1. The van der Waals surface area contributed by atoms with Crippen LogP contribution in [-0.4, -0.2) is 10.9 Å². The second-order valence-electron chi connectivity index (χ2n) is 6.48. The third kappa shape index (κ3) is 3.30. The molecule has 1 N–H and O–H groups in total. The average molecular weight is 370 g/mol. The SMILES string of the molecule is Cc1c(-c2ccccc2)oc2c(C(=O)NCc3cccnc3)cccc2c1=O. The predicted molar refractivity (Wildman–Crippen MR) is 108 cm³/mol. The number of pyridine rings is 1. The normalized spacial score (nSPS) is 10.8. The summed E-state index contributed by atoms with van der Waals surface area (Å²) in [6, 6.07) is 18.1. The lowest BCUT2D eigenvalue weighted by atomic mass is 10.0. The Bertz CT molecular complexity index is 1200. The number of carbonyl (C=O) groups is 1.